The van der Waals surface area contributed by atoms with Gasteiger partial charge in [-0.15, -0.1) is 0 Å². The third kappa shape index (κ3) is 1010. The smallest absolute Gasteiger partial charge is 0.326 e. The molecule has 0 radical (unpaired) electrons. The van der Waals surface area contributed by atoms with Gasteiger partial charge in [0.25, 0.3) is 0 Å². The van der Waals surface area contributed by atoms with Gasteiger partial charge in [0.2, 0.25) is 0 Å². The molecule has 32 valence electrons. The molecule has 0 fully saturated rings. The van der Waals surface area contributed by atoms with Crippen LogP contribution in [0.5, 0.6) is 0 Å². The van der Waals surface area contributed by atoms with Crippen molar-refractivity contribution in [2.45, 2.75) is 13.1 Å². The minimum Gasteiger partial charge on any atom is -0.411 e. The number of hydrogen-bond acceptors (Lipinski definition) is 2. The van der Waals surface area contributed by atoms with Gasteiger partial charge in [0.05, 0.1) is 0 Å². The Bertz CT molecular complexity index is 23.1. The summed E-state index contributed by atoms with van der Waals surface area (Å²) in [6.45, 7) is 2.88. The van der Waals surface area contributed by atoms with Gasteiger partial charge in [0.1, 0.15) is 0 Å². The van der Waals surface area contributed by atoms with Crippen LogP contribution in [0.2, 0.25) is 13.1 Å². The van der Waals surface area contributed by atoms with Crippen LogP contribution in [0.15, 0.2) is 0 Å². The minimum absolute atomic E-state index is 1.44. The molecule has 0 aromatic carbocycles. The third-order valence-corrected chi connectivity index (χ3v) is 0. The van der Waals surface area contributed by atoms with Gasteiger partial charge in [-0.2, -0.15) is 0 Å². The van der Waals surface area contributed by atoms with Gasteiger partial charge in [-0.3, -0.25) is 0 Å². The summed E-state index contributed by atoms with van der Waals surface area (Å²) in [4.78, 5) is 16.4. The van der Waals surface area contributed by atoms with Crippen LogP contribution >= 0.6 is 0 Å². The van der Waals surface area contributed by atoms with Gasteiger partial charge in [0, 0.05) is 0 Å². The molecule has 0 heterocycles. The summed E-state index contributed by atoms with van der Waals surface area (Å²) in [6, 6.07) is 0. The summed E-state index contributed by atoms with van der Waals surface area (Å²) in [7, 11) is -2.61. The fraction of sp³-hybridized carbons (Fsp3) is 1.00. The molecule has 0 aromatic rings. The molecule has 0 bridgehead atoms. The first-order valence-electron chi connectivity index (χ1n) is 1.45. The molecule has 0 aliphatic heterocycles. The molecular formula is C2H8O2Si. The average molecular weight is 96.2 g/mol. The first kappa shape index (κ1) is 5.14. The highest BCUT2D eigenvalue weighted by molar-refractivity contribution is 6.61. The SMILES string of the molecule is [14CH3][Si]([14CH3])(O)O. The molecule has 0 unspecified atom stereocenters. The number of hydrogen-bond donors (Lipinski definition) is 2. The molecule has 2 N–H and O–H groups in total. The fourth-order valence-corrected chi connectivity index (χ4v) is 0. The highest BCUT2D eigenvalue weighted by Crippen LogP contribution is 1.82. The van der Waals surface area contributed by atoms with E-state index in [4.69, 9.17) is 9.59 Å². The van der Waals surface area contributed by atoms with Crippen LogP contribution in [0.25, 0.3) is 0 Å². The summed E-state index contributed by atoms with van der Waals surface area (Å²) in [5.74, 6) is 0. The van der Waals surface area contributed by atoms with Crippen molar-refractivity contribution in [2.24, 2.45) is 0 Å². The van der Waals surface area contributed by atoms with Crippen LogP contribution in [0.1, 0.15) is 0 Å². The van der Waals surface area contributed by atoms with Crippen LogP contribution in [0.3, 0.4) is 0 Å². The summed E-state index contributed by atoms with van der Waals surface area (Å²) in [5, 5.41) is 0. The fourth-order valence-electron chi connectivity index (χ4n) is 0. The maximum absolute atomic E-state index is 8.22. The summed E-state index contributed by atoms with van der Waals surface area (Å²) >= 11 is 0. The zero-order valence-electron chi connectivity index (χ0n) is 3.39. The average Bonchev–Trinajstić information content (AvgIpc) is 0.722. The molecule has 3 heteroatoms. The van der Waals surface area contributed by atoms with Gasteiger partial charge in [-0.1, -0.05) is 0 Å². The van der Waals surface area contributed by atoms with E-state index in [9.17, 15) is 0 Å². The van der Waals surface area contributed by atoms with Gasteiger partial charge in [0.15, 0.2) is 0 Å². The van der Waals surface area contributed by atoms with E-state index in [0.29, 0.717) is 0 Å². The predicted molar refractivity (Wildman–Crippen MR) is 21.9 cm³/mol. The molecular weight excluding hydrogens is 88.1 g/mol. The summed E-state index contributed by atoms with van der Waals surface area (Å²) in [5.41, 5.74) is 0. The Balaban J connectivity index is 3.02. The molecule has 5 heavy (non-hydrogen) atoms. The van der Waals surface area contributed by atoms with Crippen LogP contribution in [0.4, 0.5) is 0 Å². The van der Waals surface area contributed by atoms with Crippen LogP contribution < -0.4 is 0 Å². The quantitative estimate of drug-likeness (QED) is 0.405. The van der Waals surface area contributed by atoms with Crippen LogP contribution in [-0.2, 0) is 0 Å². The molecule has 0 amide bonds. The Morgan fingerprint density at radius 2 is 1.20 bits per heavy atom. The largest absolute Gasteiger partial charge is 0.411 e. The second-order valence-corrected chi connectivity index (χ2v) is 4.48. The van der Waals surface area contributed by atoms with E-state index in [-0.39, 0.29) is 0 Å². The molecule has 0 saturated heterocycles. The van der Waals surface area contributed by atoms with E-state index >= 15 is 0 Å². The molecule has 0 saturated carbocycles. The van der Waals surface area contributed by atoms with E-state index in [1.807, 2.05) is 0 Å². The molecule has 0 aliphatic carbocycles. The van der Waals surface area contributed by atoms with Crippen molar-refractivity contribution in [1.29, 1.82) is 0 Å². The zero-order chi connectivity index (χ0) is 4.50. The van der Waals surface area contributed by atoms with E-state index < -0.39 is 8.56 Å². The van der Waals surface area contributed by atoms with Crippen molar-refractivity contribution >= 4 is 8.56 Å². The van der Waals surface area contributed by atoms with Crippen molar-refractivity contribution < 1.29 is 9.59 Å². The van der Waals surface area contributed by atoms with Gasteiger partial charge >= 0.3 is 8.56 Å². The second kappa shape index (κ2) is 1.08. The second-order valence-electron chi connectivity index (χ2n) is 1.49. The predicted octanol–water partition coefficient (Wildman–Crippen LogP) is -0.327. The first-order valence-corrected chi connectivity index (χ1v) is 4.34. The lowest BCUT2D eigenvalue weighted by Gasteiger charge is -1.97. The van der Waals surface area contributed by atoms with E-state index in [1.54, 1.807) is 0 Å². The Hall–Kier alpha value is 0.137. The van der Waals surface area contributed by atoms with Crippen molar-refractivity contribution in [3.63, 3.8) is 0 Å². The monoisotopic (exact) mass is 96.0 g/mol. The lowest BCUT2D eigenvalue weighted by atomic mass is 13.9. The summed E-state index contributed by atoms with van der Waals surface area (Å²) in [6.07, 6.45) is 0. The summed E-state index contributed by atoms with van der Waals surface area (Å²) < 4.78 is 0. The van der Waals surface area contributed by atoms with E-state index in [1.165, 1.54) is 13.1 Å². The lowest BCUT2D eigenvalue weighted by molar-refractivity contribution is 0.382. The Morgan fingerprint density at radius 3 is 1.20 bits per heavy atom. The Morgan fingerprint density at radius 1 is 1.20 bits per heavy atom. The normalized spacial score (nSPS) is 12.0. The molecule has 0 rings (SSSR count). The highest BCUT2D eigenvalue weighted by atomic mass is 28.4. The van der Waals surface area contributed by atoms with Gasteiger partial charge in [-0.25, -0.2) is 0 Å². The van der Waals surface area contributed by atoms with E-state index in [0.717, 1.165) is 0 Å². The van der Waals surface area contributed by atoms with Crippen molar-refractivity contribution in [3.8, 4) is 0 Å². The topological polar surface area (TPSA) is 40.5 Å². The van der Waals surface area contributed by atoms with Gasteiger partial charge < -0.3 is 9.59 Å². The van der Waals surface area contributed by atoms with Crippen molar-refractivity contribution in [1.82, 2.24) is 0 Å². The molecule has 2 nitrogen and oxygen atoms in total. The standard InChI is InChI=1S/C2H8O2Si/c1-5(2,3)4/h3-4H,1-2H3/i1+2,2+2. The zero-order valence-corrected chi connectivity index (χ0v) is 4.39. The Kier molecular flexibility index (Phi) is 1.11. The molecule has 0 atom stereocenters. The first-order chi connectivity index (χ1) is 2.00. The van der Waals surface area contributed by atoms with Crippen molar-refractivity contribution in [3.05, 3.63) is 0 Å². The van der Waals surface area contributed by atoms with Crippen LogP contribution in [-0.4, -0.2) is 18.2 Å². The van der Waals surface area contributed by atoms with Crippen molar-refractivity contribution in [2.75, 3.05) is 0 Å². The molecule has 0 spiro atoms. The molecule has 0 aromatic heterocycles. The highest BCUT2D eigenvalue weighted by Gasteiger charge is 2.08. The van der Waals surface area contributed by atoms with Crippen LogP contribution in [0, 0.1) is 0 Å². The molecule has 0 aliphatic rings. The maximum Gasteiger partial charge on any atom is 0.326 e. The maximum atomic E-state index is 8.22. The van der Waals surface area contributed by atoms with Gasteiger partial charge in [-0.05, 0) is 13.1 Å². The minimum atomic E-state index is -2.61. The Labute approximate surface area is 32.3 Å². The number of rotatable bonds is 0. The van der Waals surface area contributed by atoms with E-state index in [2.05, 4.69) is 0 Å². The third-order valence-electron chi connectivity index (χ3n) is 0. The lowest BCUT2D eigenvalue weighted by Crippen LogP contribution is -2.23.